The largest absolute Gasteiger partial charge is 0.506 e. The molecule has 0 bridgehead atoms. The van der Waals surface area contributed by atoms with E-state index in [1.807, 2.05) is 6.07 Å². The fourth-order valence-electron chi connectivity index (χ4n) is 3.70. The minimum atomic E-state index is -0.685. The molecule has 2 aromatic carbocycles. The molecular formula is C19H17FN2O3. The van der Waals surface area contributed by atoms with Crippen LogP contribution in [0.5, 0.6) is 5.75 Å². The molecule has 25 heavy (non-hydrogen) atoms. The van der Waals surface area contributed by atoms with Gasteiger partial charge in [0.25, 0.3) is 0 Å². The molecule has 0 fully saturated rings. The number of phenolic OH excluding ortho intramolecular Hbond substituents is 1. The lowest BCUT2D eigenvalue weighted by Crippen LogP contribution is -2.41. The number of fused-ring (bicyclic) bond motifs is 2. The van der Waals surface area contributed by atoms with Gasteiger partial charge in [0.15, 0.2) is 0 Å². The number of halogens is 1. The highest BCUT2D eigenvalue weighted by Gasteiger charge is 2.36. The Kier molecular flexibility index (Phi) is 3.67. The number of rotatable bonds is 1. The van der Waals surface area contributed by atoms with E-state index in [0.29, 0.717) is 23.5 Å². The van der Waals surface area contributed by atoms with Crippen LogP contribution in [0.2, 0.25) is 0 Å². The predicted molar refractivity (Wildman–Crippen MR) is 91.2 cm³/mol. The molecule has 1 atom stereocenters. The van der Waals surface area contributed by atoms with Gasteiger partial charge in [-0.2, -0.15) is 0 Å². The van der Waals surface area contributed by atoms with Crippen LogP contribution >= 0.6 is 0 Å². The minimum absolute atomic E-state index is 0.0108. The molecule has 6 heteroatoms. The molecule has 4 rings (SSSR count). The number of amides is 2. The van der Waals surface area contributed by atoms with E-state index in [4.69, 9.17) is 0 Å². The van der Waals surface area contributed by atoms with Gasteiger partial charge in [0.1, 0.15) is 11.6 Å². The SMILES string of the molecule is O=C1CC(C(=O)N2CCCc3cccc(O)c32)c2ccc(F)cc2N1. The molecule has 2 amide bonds. The summed E-state index contributed by atoms with van der Waals surface area (Å²) in [6.07, 6.45) is 1.59. The number of benzene rings is 2. The Labute approximate surface area is 144 Å². The highest BCUT2D eigenvalue weighted by atomic mass is 19.1. The van der Waals surface area contributed by atoms with Crippen molar-refractivity contribution in [2.24, 2.45) is 0 Å². The number of carbonyl (C=O) groups is 2. The summed E-state index contributed by atoms with van der Waals surface area (Å²) in [6, 6.07) is 9.27. The standard InChI is InChI=1S/C19H17FN2O3/c20-12-6-7-13-14(10-17(24)21-15(13)9-12)19(25)22-8-2-4-11-3-1-5-16(23)18(11)22/h1,3,5-7,9,14,23H,2,4,8,10H2,(H,21,24). The summed E-state index contributed by atoms with van der Waals surface area (Å²) in [5, 5.41) is 12.9. The van der Waals surface area contributed by atoms with Crippen molar-refractivity contribution in [1.82, 2.24) is 0 Å². The third-order valence-corrected chi connectivity index (χ3v) is 4.81. The van der Waals surface area contributed by atoms with Crippen LogP contribution in [0.3, 0.4) is 0 Å². The first-order chi connectivity index (χ1) is 12.0. The van der Waals surface area contributed by atoms with Crippen molar-refractivity contribution in [2.45, 2.75) is 25.2 Å². The van der Waals surface area contributed by atoms with Gasteiger partial charge in [-0.1, -0.05) is 18.2 Å². The van der Waals surface area contributed by atoms with Crippen molar-refractivity contribution in [2.75, 3.05) is 16.8 Å². The van der Waals surface area contributed by atoms with Gasteiger partial charge in [0, 0.05) is 18.7 Å². The van der Waals surface area contributed by atoms with Crippen LogP contribution in [0.25, 0.3) is 0 Å². The van der Waals surface area contributed by atoms with Gasteiger partial charge >= 0.3 is 0 Å². The molecule has 0 radical (unpaired) electrons. The molecule has 2 aliphatic rings. The lowest BCUT2D eigenvalue weighted by molar-refractivity contribution is -0.124. The lowest BCUT2D eigenvalue weighted by Gasteiger charge is -2.34. The van der Waals surface area contributed by atoms with Crippen LogP contribution < -0.4 is 10.2 Å². The first-order valence-electron chi connectivity index (χ1n) is 8.26. The monoisotopic (exact) mass is 340 g/mol. The van der Waals surface area contributed by atoms with E-state index in [2.05, 4.69) is 5.32 Å². The van der Waals surface area contributed by atoms with Crippen molar-refractivity contribution in [1.29, 1.82) is 0 Å². The zero-order chi connectivity index (χ0) is 17.6. The summed E-state index contributed by atoms with van der Waals surface area (Å²) >= 11 is 0. The van der Waals surface area contributed by atoms with Crippen LogP contribution in [0.15, 0.2) is 36.4 Å². The fraction of sp³-hybridized carbons (Fsp3) is 0.263. The summed E-state index contributed by atoms with van der Waals surface area (Å²) in [7, 11) is 0. The number of carbonyl (C=O) groups excluding carboxylic acids is 2. The Morgan fingerprint density at radius 1 is 1.28 bits per heavy atom. The lowest BCUT2D eigenvalue weighted by atomic mass is 9.88. The van der Waals surface area contributed by atoms with Gasteiger partial charge in [-0.3, -0.25) is 9.59 Å². The first-order valence-corrected chi connectivity index (χ1v) is 8.26. The Balaban J connectivity index is 1.75. The third-order valence-electron chi connectivity index (χ3n) is 4.81. The van der Waals surface area contributed by atoms with Gasteiger partial charge in [0.2, 0.25) is 11.8 Å². The molecule has 2 aromatic rings. The average Bonchev–Trinajstić information content (AvgIpc) is 2.60. The number of hydrogen-bond acceptors (Lipinski definition) is 3. The molecule has 0 aliphatic carbocycles. The number of hydrogen-bond donors (Lipinski definition) is 2. The maximum Gasteiger partial charge on any atom is 0.235 e. The number of para-hydroxylation sites is 1. The number of anilines is 2. The maximum atomic E-state index is 13.5. The number of nitrogens with zero attached hydrogens (tertiary/aromatic N) is 1. The quantitative estimate of drug-likeness (QED) is 0.839. The van der Waals surface area contributed by atoms with E-state index >= 15 is 0 Å². The van der Waals surface area contributed by atoms with Crippen LogP contribution in [0, 0.1) is 5.82 Å². The van der Waals surface area contributed by atoms with Crippen LogP contribution in [0.1, 0.15) is 29.9 Å². The Morgan fingerprint density at radius 3 is 2.96 bits per heavy atom. The summed E-state index contributed by atoms with van der Waals surface area (Å²) in [5.74, 6) is -1.65. The van der Waals surface area contributed by atoms with Crippen molar-refractivity contribution < 1.29 is 19.1 Å². The summed E-state index contributed by atoms with van der Waals surface area (Å²) in [6.45, 7) is 0.484. The molecule has 5 nitrogen and oxygen atoms in total. The zero-order valence-electron chi connectivity index (χ0n) is 13.5. The summed E-state index contributed by atoms with van der Waals surface area (Å²) < 4.78 is 13.5. The smallest absolute Gasteiger partial charge is 0.235 e. The summed E-state index contributed by atoms with van der Waals surface area (Å²) in [4.78, 5) is 26.8. The Bertz CT molecular complexity index is 881. The molecule has 0 spiro atoms. The van der Waals surface area contributed by atoms with Gasteiger partial charge in [0.05, 0.1) is 11.6 Å². The average molecular weight is 340 g/mol. The van der Waals surface area contributed by atoms with Crippen molar-refractivity contribution >= 4 is 23.2 Å². The molecular weight excluding hydrogens is 323 g/mol. The topological polar surface area (TPSA) is 69.6 Å². The van der Waals surface area contributed by atoms with Crippen LogP contribution in [0.4, 0.5) is 15.8 Å². The van der Waals surface area contributed by atoms with Crippen molar-refractivity contribution in [3.63, 3.8) is 0 Å². The predicted octanol–water partition coefficient (Wildman–Crippen LogP) is 2.94. The summed E-state index contributed by atoms with van der Waals surface area (Å²) in [5.41, 5.74) is 2.38. The Morgan fingerprint density at radius 2 is 2.12 bits per heavy atom. The molecule has 0 aromatic heterocycles. The molecule has 0 saturated heterocycles. The molecule has 1 unspecified atom stereocenters. The first kappa shape index (κ1) is 15.6. The number of nitrogens with one attached hydrogen (secondary N) is 1. The van der Waals surface area contributed by atoms with E-state index < -0.39 is 11.7 Å². The van der Waals surface area contributed by atoms with Crippen molar-refractivity contribution in [3.05, 3.63) is 53.3 Å². The van der Waals surface area contributed by atoms with Crippen LogP contribution in [-0.4, -0.2) is 23.5 Å². The van der Waals surface area contributed by atoms with E-state index in [9.17, 15) is 19.1 Å². The van der Waals surface area contributed by atoms with Crippen LogP contribution in [-0.2, 0) is 16.0 Å². The highest BCUT2D eigenvalue weighted by Crippen LogP contribution is 2.40. The van der Waals surface area contributed by atoms with Gasteiger partial charge in [-0.05, 0) is 42.2 Å². The minimum Gasteiger partial charge on any atom is -0.506 e. The molecule has 2 N–H and O–H groups in total. The second kappa shape index (κ2) is 5.88. The Hall–Kier alpha value is -2.89. The number of phenols is 1. The van der Waals surface area contributed by atoms with Gasteiger partial charge in [-0.25, -0.2) is 4.39 Å². The maximum absolute atomic E-state index is 13.5. The van der Waals surface area contributed by atoms with E-state index in [1.54, 1.807) is 23.1 Å². The van der Waals surface area contributed by atoms with E-state index in [0.717, 1.165) is 18.4 Å². The van der Waals surface area contributed by atoms with Gasteiger partial charge < -0.3 is 15.3 Å². The molecule has 2 aliphatic heterocycles. The third kappa shape index (κ3) is 2.63. The van der Waals surface area contributed by atoms with E-state index in [-0.39, 0.29) is 24.0 Å². The highest BCUT2D eigenvalue weighted by molar-refractivity contribution is 6.07. The second-order valence-electron chi connectivity index (χ2n) is 6.41. The molecule has 0 saturated carbocycles. The molecule has 128 valence electrons. The number of aryl methyl sites for hydroxylation is 1. The van der Waals surface area contributed by atoms with E-state index in [1.165, 1.54) is 12.1 Å². The zero-order valence-corrected chi connectivity index (χ0v) is 13.5. The fourth-order valence-corrected chi connectivity index (χ4v) is 3.70. The second-order valence-corrected chi connectivity index (χ2v) is 6.41. The number of aromatic hydroxyl groups is 1. The van der Waals surface area contributed by atoms with Gasteiger partial charge in [-0.15, -0.1) is 0 Å². The molecule has 2 heterocycles. The normalized spacial score (nSPS) is 19.0. The van der Waals surface area contributed by atoms with Crippen molar-refractivity contribution in [3.8, 4) is 5.75 Å².